The van der Waals surface area contributed by atoms with Crippen LogP contribution >= 0.6 is 15.9 Å². The molecule has 1 N–H and O–H groups in total. The predicted molar refractivity (Wildman–Crippen MR) is 93.1 cm³/mol. The molecule has 0 aromatic heterocycles. The quantitative estimate of drug-likeness (QED) is 0.730. The first kappa shape index (κ1) is 16.8. The van der Waals surface area contributed by atoms with Gasteiger partial charge in [-0.1, -0.05) is 48.5 Å². The van der Waals surface area contributed by atoms with E-state index < -0.39 is 0 Å². The van der Waals surface area contributed by atoms with Crippen molar-refractivity contribution < 1.29 is 4.74 Å². The molecule has 0 aliphatic heterocycles. The maximum atomic E-state index is 5.54. The lowest BCUT2D eigenvalue weighted by Gasteiger charge is -2.28. The Morgan fingerprint density at radius 2 is 1.95 bits per heavy atom. The van der Waals surface area contributed by atoms with Crippen molar-refractivity contribution in [3.63, 3.8) is 0 Å². The van der Waals surface area contributed by atoms with Crippen molar-refractivity contribution in [3.8, 4) is 5.75 Å². The molecule has 1 atom stereocenters. The average molecular weight is 354 g/mol. The van der Waals surface area contributed by atoms with E-state index in [0.717, 1.165) is 29.1 Å². The van der Waals surface area contributed by atoms with Gasteiger partial charge in [0, 0.05) is 10.5 Å². The molecule has 1 aromatic carbocycles. The third kappa shape index (κ3) is 5.00. The van der Waals surface area contributed by atoms with Crippen LogP contribution in [0.25, 0.3) is 0 Å². The maximum absolute atomic E-state index is 5.54. The standard InChI is InChI=1S/C18H28BrNO/c1-3-20-17(14-8-6-4-5-7-9-14)13-15-12-16(19)10-11-18(15)21-2/h10-12,14,17,20H,3-9,13H2,1-2H3. The van der Waals surface area contributed by atoms with E-state index in [1.54, 1.807) is 7.11 Å². The number of hydrogen-bond acceptors (Lipinski definition) is 2. The van der Waals surface area contributed by atoms with Crippen LogP contribution in [0.3, 0.4) is 0 Å². The van der Waals surface area contributed by atoms with E-state index in [4.69, 9.17) is 4.74 Å². The molecule has 118 valence electrons. The van der Waals surface area contributed by atoms with Crippen LogP contribution in [-0.2, 0) is 6.42 Å². The van der Waals surface area contributed by atoms with Gasteiger partial charge in [-0.15, -0.1) is 0 Å². The number of halogens is 1. The van der Waals surface area contributed by atoms with Crippen LogP contribution in [0, 0.1) is 5.92 Å². The molecular weight excluding hydrogens is 326 g/mol. The number of hydrogen-bond donors (Lipinski definition) is 1. The van der Waals surface area contributed by atoms with Crippen LogP contribution in [0.5, 0.6) is 5.75 Å². The minimum Gasteiger partial charge on any atom is -0.496 e. The summed E-state index contributed by atoms with van der Waals surface area (Å²) in [6.45, 7) is 3.25. The molecule has 21 heavy (non-hydrogen) atoms. The van der Waals surface area contributed by atoms with Gasteiger partial charge < -0.3 is 10.1 Å². The number of likely N-dealkylation sites (N-methyl/N-ethyl adjacent to an activating group) is 1. The van der Waals surface area contributed by atoms with Crippen LogP contribution in [0.2, 0.25) is 0 Å². The van der Waals surface area contributed by atoms with Crippen molar-refractivity contribution in [3.05, 3.63) is 28.2 Å². The fourth-order valence-electron chi connectivity index (χ4n) is 3.52. The lowest BCUT2D eigenvalue weighted by molar-refractivity contribution is 0.317. The van der Waals surface area contributed by atoms with Crippen LogP contribution in [0.1, 0.15) is 51.0 Å². The first-order valence-electron chi connectivity index (χ1n) is 8.30. The van der Waals surface area contributed by atoms with E-state index in [0.29, 0.717) is 6.04 Å². The Labute approximate surface area is 137 Å². The summed E-state index contributed by atoms with van der Waals surface area (Å²) in [6, 6.07) is 6.89. The summed E-state index contributed by atoms with van der Waals surface area (Å²) in [5, 5.41) is 3.73. The SMILES string of the molecule is CCNC(Cc1cc(Br)ccc1OC)C1CCCCCC1. The summed E-state index contributed by atoms with van der Waals surface area (Å²) in [7, 11) is 1.76. The zero-order chi connectivity index (χ0) is 15.1. The number of ether oxygens (including phenoxy) is 1. The summed E-state index contributed by atoms with van der Waals surface area (Å²) < 4.78 is 6.68. The van der Waals surface area contributed by atoms with Gasteiger partial charge in [-0.2, -0.15) is 0 Å². The highest BCUT2D eigenvalue weighted by atomic mass is 79.9. The van der Waals surface area contributed by atoms with E-state index in [1.807, 2.05) is 0 Å². The third-order valence-electron chi connectivity index (χ3n) is 4.62. The first-order chi connectivity index (χ1) is 10.2. The Morgan fingerprint density at radius 1 is 1.24 bits per heavy atom. The highest BCUT2D eigenvalue weighted by Gasteiger charge is 2.23. The molecule has 0 radical (unpaired) electrons. The van der Waals surface area contributed by atoms with Gasteiger partial charge in [0.2, 0.25) is 0 Å². The Kier molecular flexibility index (Phi) is 7.05. The Hall–Kier alpha value is -0.540. The number of benzene rings is 1. The third-order valence-corrected chi connectivity index (χ3v) is 5.11. The van der Waals surface area contributed by atoms with E-state index in [2.05, 4.69) is 46.4 Å². The summed E-state index contributed by atoms with van der Waals surface area (Å²) >= 11 is 3.59. The molecule has 1 saturated carbocycles. The lowest BCUT2D eigenvalue weighted by atomic mass is 9.87. The molecule has 1 aromatic rings. The molecule has 0 spiro atoms. The molecular formula is C18H28BrNO. The van der Waals surface area contributed by atoms with Crippen molar-refractivity contribution in [1.82, 2.24) is 5.32 Å². The van der Waals surface area contributed by atoms with Gasteiger partial charge >= 0.3 is 0 Å². The van der Waals surface area contributed by atoms with Crippen LogP contribution in [0.4, 0.5) is 0 Å². The molecule has 2 nitrogen and oxygen atoms in total. The summed E-state index contributed by atoms with van der Waals surface area (Å²) in [5.41, 5.74) is 1.31. The smallest absolute Gasteiger partial charge is 0.122 e. The Bertz CT molecular complexity index is 427. The van der Waals surface area contributed by atoms with E-state index >= 15 is 0 Å². The first-order valence-corrected chi connectivity index (χ1v) is 9.09. The molecule has 1 unspecified atom stereocenters. The zero-order valence-corrected chi connectivity index (χ0v) is 14.9. The van der Waals surface area contributed by atoms with Gasteiger partial charge in [0.1, 0.15) is 5.75 Å². The minimum atomic E-state index is 0.566. The second-order valence-electron chi connectivity index (χ2n) is 6.08. The minimum absolute atomic E-state index is 0.566. The summed E-state index contributed by atoms with van der Waals surface area (Å²) in [4.78, 5) is 0. The molecule has 0 bridgehead atoms. The molecule has 1 fully saturated rings. The van der Waals surface area contributed by atoms with E-state index in [-0.39, 0.29) is 0 Å². The largest absolute Gasteiger partial charge is 0.496 e. The van der Waals surface area contributed by atoms with Crippen LogP contribution in [0.15, 0.2) is 22.7 Å². The highest BCUT2D eigenvalue weighted by molar-refractivity contribution is 9.10. The van der Waals surface area contributed by atoms with Gasteiger partial charge in [-0.05, 0) is 55.5 Å². The second kappa shape index (κ2) is 8.79. The number of nitrogens with one attached hydrogen (secondary N) is 1. The normalized spacial score (nSPS) is 18.2. The maximum Gasteiger partial charge on any atom is 0.122 e. The van der Waals surface area contributed by atoms with Crippen LogP contribution in [-0.4, -0.2) is 19.7 Å². The molecule has 1 aliphatic rings. The topological polar surface area (TPSA) is 21.3 Å². The molecule has 3 heteroatoms. The predicted octanol–water partition coefficient (Wildman–Crippen LogP) is 4.95. The van der Waals surface area contributed by atoms with Crippen molar-refractivity contribution in [2.45, 2.75) is 57.9 Å². The Balaban J connectivity index is 2.13. The van der Waals surface area contributed by atoms with Crippen molar-refractivity contribution in [1.29, 1.82) is 0 Å². The summed E-state index contributed by atoms with van der Waals surface area (Å²) in [5.74, 6) is 1.81. The summed E-state index contributed by atoms with van der Waals surface area (Å²) in [6.07, 6.45) is 9.40. The van der Waals surface area contributed by atoms with Crippen molar-refractivity contribution in [2.24, 2.45) is 5.92 Å². The molecule has 1 aliphatic carbocycles. The molecule has 0 heterocycles. The van der Waals surface area contributed by atoms with Crippen LogP contribution < -0.4 is 10.1 Å². The van der Waals surface area contributed by atoms with Crippen molar-refractivity contribution >= 4 is 15.9 Å². The van der Waals surface area contributed by atoms with Gasteiger partial charge in [0.25, 0.3) is 0 Å². The molecule has 0 saturated heterocycles. The molecule has 0 amide bonds. The van der Waals surface area contributed by atoms with Gasteiger partial charge in [0.05, 0.1) is 7.11 Å². The van der Waals surface area contributed by atoms with E-state index in [9.17, 15) is 0 Å². The number of rotatable bonds is 6. The Morgan fingerprint density at radius 3 is 2.57 bits per heavy atom. The lowest BCUT2D eigenvalue weighted by Crippen LogP contribution is -2.38. The number of methoxy groups -OCH3 is 1. The zero-order valence-electron chi connectivity index (χ0n) is 13.3. The molecule has 2 rings (SSSR count). The monoisotopic (exact) mass is 353 g/mol. The van der Waals surface area contributed by atoms with Gasteiger partial charge in [-0.3, -0.25) is 0 Å². The second-order valence-corrected chi connectivity index (χ2v) is 6.99. The van der Waals surface area contributed by atoms with Gasteiger partial charge in [-0.25, -0.2) is 0 Å². The highest BCUT2D eigenvalue weighted by Crippen LogP contribution is 2.30. The fraction of sp³-hybridized carbons (Fsp3) is 0.667. The average Bonchev–Trinajstić information content (AvgIpc) is 2.76. The van der Waals surface area contributed by atoms with Crippen molar-refractivity contribution in [2.75, 3.05) is 13.7 Å². The van der Waals surface area contributed by atoms with E-state index in [1.165, 1.54) is 44.1 Å². The fourth-order valence-corrected chi connectivity index (χ4v) is 3.93. The van der Waals surface area contributed by atoms with Gasteiger partial charge in [0.15, 0.2) is 0 Å².